The molecule has 2 aromatic rings. The molecule has 0 heterocycles. The van der Waals surface area contributed by atoms with Crippen molar-refractivity contribution in [3.63, 3.8) is 0 Å². The molecule has 0 saturated heterocycles. The van der Waals surface area contributed by atoms with Crippen LogP contribution in [0.3, 0.4) is 0 Å². The fourth-order valence-corrected chi connectivity index (χ4v) is 2.08. The predicted octanol–water partition coefficient (Wildman–Crippen LogP) is 2.99. The summed E-state index contributed by atoms with van der Waals surface area (Å²) in [5, 5.41) is 3.58. The summed E-state index contributed by atoms with van der Waals surface area (Å²) in [4.78, 5) is -0.257. The Kier molecular flexibility index (Phi) is 3.56. The molecule has 0 radical (unpaired) electrons. The van der Waals surface area contributed by atoms with E-state index in [1.54, 1.807) is 18.2 Å². The summed E-state index contributed by atoms with van der Waals surface area (Å²) in [6.45, 7) is 0. The van der Waals surface area contributed by atoms with Crippen LogP contribution < -0.4 is 5.32 Å². The maximum absolute atomic E-state index is 10.8. The maximum Gasteiger partial charge on any atom is 0.124 e. The first-order valence-electron chi connectivity index (χ1n) is 5.04. The summed E-state index contributed by atoms with van der Waals surface area (Å²) in [6.07, 6.45) is 0. The molecule has 0 aromatic heterocycles. The molecule has 0 aliphatic rings. The Morgan fingerprint density at radius 3 is 2.17 bits per heavy atom. The Balaban J connectivity index is 2.24. The molecular formula is C12H9ClNO3S-. The van der Waals surface area contributed by atoms with Gasteiger partial charge in [0.2, 0.25) is 0 Å². The lowest BCUT2D eigenvalue weighted by Crippen LogP contribution is -1.98. The van der Waals surface area contributed by atoms with Crippen molar-refractivity contribution in [3.05, 3.63) is 53.6 Å². The third-order valence-corrected chi connectivity index (χ3v) is 3.47. The number of anilines is 2. The van der Waals surface area contributed by atoms with Gasteiger partial charge in [-0.05, 0) is 36.4 Å². The van der Waals surface area contributed by atoms with E-state index in [-0.39, 0.29) is 4.90 Å². The monoisotopic (exact) mass is 282 g/mol. The van der Waals surface area contributed by atoms with Crippen molar-refractivity contribution < 1.29 is 13.0 Å². The molecule has 2 aromatic carbocycles. The van der Waals surface area contributed by atoms with Crippen LogP contribution >= 0.6 is 11.6 Å². The molecule has 2 rings (SSSR count). The minimum absolute atomic E-state index is 0.257. The normalized spacial score (nSPS) is 11.2. The molecule has 0 fully saturated rings. The lowest BCUT2D eigenvalue weighted by molar-refractivity contribution is 0.463. The van der Waals surface area contributed by atoms with Crippen molar-refractivity contribution in [3.8, 4) is 0 Å². The molecule has 0 unspecified atom stereocenters. The van der Waals surface area contributed by atoms with Crippen LogP contribution in [0.5, 0.6) is 0 Å². The van der Waals surface area contributed by atoms with E-state index in [0.29, 0.717) is 16.4 Å². The zero-order valence-electron chi connectivity index (χ0n) is 9.13. The summed E-state index contributed by atoms with van der Waals surface area (Å²) in [5.74, 6) is 0. The third-order valence-electron chi connectivity index (χ3n) is 2.30. The Labute approximate surface area is 110 Å². The number of rotatable bonds is 3. The largest absolute Gasteiger partial charge is 0.744 e. The van der Waals surface area contributed by atoms with E-state index >= 15 is 0 Å². The van der Waals surface area contributed by atoms with Gasteiger partial charge in [-0.25, -0.2) is 8.42 Å². The number of benzene rings is 2. The molecule has 6 heteroatoms. The highest BCUT2D eigenvalue weighted by Crippen LogP contribution is 2.25. The van der Waals surface area contributed by atoms with Gasteiger partial charge in [-0.2, -0.15) is 0 Å². The Morgan fingerprint density at radius 1 is 1.00 bits per heavy atom. The number of nitrogens with one attached hydrogen (secondary N) is 1. The van der Waals surface area contributed by atoms with Crippen LogP contribution in [0, 0.1) is 0 Å². The molecule has 0 saturated carbocycles. The van der Waals surface area contributed by atoms with Crippen LogP contribution in [-0.2, 0) is 10.1 Å². The van der Waals surface area contributed by atoms with Gasteiger partial charge in [-0.3, -0.25) is 0 Å². The van der Waals surface area contributed by atoms with E-state index in [0.717, 1.165) is 0 Å². The van der Waals surface area contributed by atoms with E-state index in [4.69, 9.17) is 11.6 Å². The van der Waals surface area contributed by atoms with Crippen molar-refractivity contribution in [2.75, 3.05) is 5.32 Å². The van der Waals surface area contributed by atoms with Crippen LogP contribution in [0.1, 0.15) is 0 Å². The summed E-state index contributed by atoms with van der Waals surface area (Å²) in [5.41, 5.74) is 1.35. The van der Waals surface area contributed by atoms with Gasteiger partial charge < -0.3 is 9.87 Å². The van der Waals surface area contributed by atoms with E-state index in [2.05, 4.69) is 5.32 Å². The Hall–Kier alpha value is -1.56. The first-order chi connectivity index (χ1) is 8.47. The Morgan fingerprint density at radius 2 is 1.61 bits per heavy atom. The molecule has 18 heavy (non-hydrogen) atoms. The van der Waals surface area contributed by atoms with Crippen LogP contribution in [0.25, 0.3) is 0 Å². The quantitative estimate of drug-likeness (QED) is 0.879. The zero-order chi connectivity index (χ0) is 13.2. The van der Waals surface area contributed by atoms with Gasteiger partial charge in [0, 0.05) is 5.69 Å². The van der Waals surface area contributed by atoms with Crippen molar-refractivity contribution >= 4 is 33.1 Å². The van der Waals surface area contributed by atoms with Crippen molar-refractivity contribution in [2.45, 2.75) is 4.90 Å². The van der Waals surface area contributed by atoms with Gasteiger partial charge in [0.1, 0.15) is 10.1 Å². The SMILES string of the molecule is O=S(=O)([O-])c1ccc(Nc2ccccc2Cl)cc1. The topological polar surface area (TPSA) is 69.2 Å². The number of halogens is 1. The highest BCUT2D eigenvalue weighted by molar-refractivity contribution is 7.85. The van der Waals surface area contributed by atoms with E-state index in [1.807, 2.05) is 6.07 Å². The molecule has 0 aliphatic heterocycles. The molecule has 0 spiro atoms. The summed E-state index contributed by atoms with van der Waals surface area (Å²) < 4.78 is 32.3. The minimum Gasteiger partial charge on any atom is -0.744 e. The van der Waals surface area contributed by atoms with E-state index in [1.165, 1.54) is 24.3 Å². The van der Waals surface area contributed by atoms with Crippen molar-refractivity contribution in [1.82, 2.24) is 0 Å². The second-order valence-corrected chi connectivity index (χ2v) is 5.37. The maximum atomic E-state index is 10.8. The summed E-state index contributed by atoms with van der Waals surface area (Å²) in [6, 6.07) is 12.7. The van der Waals surface area contributed by atoms with Crippen LogP contribution in [0.2, 0.25) is 5.02 Å². The molecule has 4 nitrogen and oxygen atoms in total. The van der Waals surface area contributed by atoms with E-state index < -0.39 is 10.1 Å². The van der Waals surface area contributed by atoms with E-state index in [9.17, 15) is 13.0 Å². The van der Waals surface area contributed by atoms with Crippen molar-refractivity contribution in [2.24, 2.45) is 0 Å². The molecule has 1 N–H and O–H groups in total. The van der Waals surface area contributed by atoms with Gasteiger partial charge in [0.25, 0.3) is 0 Å². The standard InChI is InChI=1S/C12H10ClNO3S/c13-11-3-1-2-4-12(11)14-9-5-7-10(8-6-9)18(15,16)17/h1-8,14H,(H,15,16,17)/p-1. The number of hydrogen-bond donors (Lipinski definition) is 1. The molecule has 0 atom stereocenters. The molecule has 0 aliphatic carbocycles. The summed E-state index contributed by atoms with van der Waals surface area (Å²) >= 11 is 5.97. The second-order valence-electron chi connectivity index (χ2n) is 3.58. The zero-order valence-corrected chi connectivity index (χ0v) is 10.7. The fourth-order valence-electron chi connectivity index (χ4n) is 1.42. The second kappa shape index (κ2) is 4.97. The average Bonchev–Trinajstić information content (AvgIpc) is 2.32. The highest BCUT2D eigenvalue weighted by atomic mass is 35.5. The smallest absolute Gasteiger partial charge is 0.124 e. The molecule has 0 amide bonds. The third kappa shape index (κ3) is 3.01. The number of para-hydroxylation sites is 1. The molecule has 0 bridgehead atoms. The molecular weight excluding hydrogens is 274 g/mol. The minimum atomic E-state index is -4.40. The lowest BCUT2D eigenvalue weighted by Gasteiger charge is -2.10. The van der Waals surface area contributed by atoms with Gasteiger partial charge in [-0.1, -0.05) is 23.7 Å². The average molecular weight is 283 g/mol. The number of hydrogen-bond acceptors (Lipinski definition) is 4. The predicted molar refractivity (Wildman–Crippen MR) is 69.1 cm³/mol. The van der Waals surface area contributed by atoms with Gasteiger partial charge in [0.05, 0.1) is 15.6 Å². The first-order valence-corrected chi connectivity index (χ1v) is 6.83. The van der Waals surface area contributed by atoms with Gasteiger partial charge >= 0.3 is 0 Å². The van der Waals surface area contributed by atoms with Gasteiger partial charge in [-0.15, -0.1) is 0 Å². The van der Waals surface area contributed by atoms with Crippen molar-refractivity contribution in [1.29, 1.82) is 0 Å². The van der Waals surface area contributed by atoms with Gasteiger partial charge in [0.15, 0.2) is 0 Å². The fraction of sp³-hybridized carbons (Fsp3) is 0. The Bertz CT molecular complexity index is 653. The highest BCUT2D eigenvalue weighted by Gasteiger charge is 2.02. The van der Waals surface area contributed by atoms with Crippen LogP contribution in [-0.4, -0.2) is 13.0 Å². The first kappa shape index (κ1) is 12.9. The lowest BCUT2D eigenvalue weighted by atomic mass is 10.2. The van der Waals surface area contributed by atoms with Crippen LogP contribution in [0.15, 0.2) is 53.4 Å². The van der Waals surface area contributed by atoms with Crippen LogP contribution in [0.4, 0.5) is 11.4 Å². The summed E-state index contributed by atoms with van der Waals surface area (Å²) in [7, 11) is -4.40. The molecule has 94 valence electrons.